The molecule has 4 heteroatoms. The number of aryl methyl sites for hydroxylation is 2. The Morgan fingerprint density at radius 3 is 2.60 bits per heavy atom. The minimum absolute atomic E-state index is 0.000981. The Bertz CT molecular complexity index is 690. The fourth-order valence-corrected chi connectivity index (χ4v) is 3.09. The predicted molar refractivity (Wildman–Crippen MR) is 81.4 cm³/mol. The zero-order chi connectivity index (χ0) is 14.3. The van der Waals surface area contributed by atoms with Gasteiger partial charge in [0.1, 0.15) is 5.15 Å². The van der Waals surface area contributed by atoms with Gasteiger partial charge in [-0.25, -0.2) is 4.98 Å². The molecule has 2 aromatic rings. The van der Waals surface area contributed by atoms with Crippen LogP contribution in [0.25, 0.3) is 10.9 Å². The first-order valence-electron chi connectivity index (χ1n) is 6.93. The van der Waals surface area contributed by atoms with E-state index >= 15 is 0 Å². The monoisotopic (exact) mass is 288 g/mol. The molecule has 1 aliphatic rings. The van der Waals surface area contributed by atoms with Crippen molar-refractivity contribution in [2.45, 2.75) is 26.7 Å². The van der Waals surface area contributed by atoms with Crippen LogP contribution < -0.4 is 0 Å². The van der Waals surface area contributed by atoms with Crippen LogP contribution in [0.15, 0.2) is 18.2 Å². The average molecular weight is 289 g/mol. The minimum Gasteiger partial charge on any atom is -0.339 e. The molecular weight excluding hydrogens is 272 g/mol. The lowest BCUT2D eigenvalue weighted by Crippen LogP contribution is -2.28. The van der Waals surface area contributed by atoms with Crippen molar-refractivity contribution in [3.8, 4) is 0 Å². The molecule has 0 unspecified atom stereocenters. The molecular formula is C16H17ClN2O. The maximum Gasteiger partial charge on any atom is 0.257 e. The minimum atomic E-state index is 0.000981. The van der Waals surface area contributed by atoms with Gasteiger partial charge < -0.3 is 4.90 Å². The van der Waals surface area contributed by atoms with Crippen molar-refractivity contribution in [2.75, 3.05) is 13.1 Å². The van der Waals surface area contributed by atoms with Gasteiger partial charge in [0.05, 0.1) is 11.1 Å². The van der Waals surface area contributed by atoms with Crippen LogP contribution in [-0.2, 0) is 0 Å². The van der Waals surface area contributed by atoms with E-state index in [0.717, 1.165) is 42.4 Å². The van der Waals surface area contributed by atoms with Gasteiger partial charge in [0, 0.05) is 18.5 Å². The first-order chi connectivity index (χ1) is 9.56. The number of benzene rings is 1. The molecule has 1 fully saturated rings. The van der Waals surface area contributed by atoms with Gasteiger partial charge in [0.2, 0.25) is 0 Å². The number of hydrogen-bond acceptors (Lipinski definition) is 2. The van der Waals surface area contributed by atoms with E-state index in [0.29, 0.717) is 10.7 Å². The van der Waals surface area contributed by atoms with E-state index in [4.69, 9.17) is 11.6 Å². The van der Waals surface area contributed by atoms with Crippen LogP contribution in [0.5, 0.6) is 0 Å². The number of halogens is 1. The number of aromatic nitrogens is 1. The summed E-state index contributed by atoms with van der Waals surface area (Å²) in [6.45, 7) is 5.70. The zero-order valence-corrected chi connectivity index (χ0v) is 12.5. The number of carbonyl (C=O) groups excluding carboxylic acids is 1. The van der Waals surface area contributed by atoms with Crippen molar-refractivity contribution < 1.29 is 4.79 Å². The molecule has 2 heterocycles. The fourth-order valence-electron chi connectivity index (χ4n) is 2.87. The molecule has 1 aromatic carbocycles. The van der Waals surface area contributed by atoms with Gasteiger partial charge in [-0.15, -0.1) is 0 Å². The molecule has 104 valence electrons. The molecule has 20 heavy (non-hydrogen) atoms. The summed E-state index contributed by atoms with van der Waals surface area (Å²) < 4.78 is 0. The highest BCUT2D eigenvalue weighted by atomic mass is 35.5. The Morgan fingerprint density at radius 2 is 1.90 bits per heavy atom. The molecule has 1 amide bonds. The van der Waals surface area contributed by atoms with Gasteiger partial charge >= 0.3 is 0 Å². The number of likely N-dealkylation sites (tertiary alicyclic amines) is 1. The third-order valence-corrected chi connectivity index (χ3v) is 4.12. The van der Waals surface area contributed by atoms with Gasteiger partial charge in [0.15, 0.2) is 0 Å². The maximum atomic E-state index is 12.5. The number of amides is 1. The second-order valence-electron chi connectivity index (χ2n) is 5.48. The Hall–Kier alpha value is -1.61. The van der Waals surface area contributed by atoms with Gasteiger partial charge in [-0.1, -0.05) is 23.2 Å². The smallest absolute Gasteiger partial charge is 0.257 e. The van der Waals surface area contributed by atoms with Crippen molar-refractivity contribution in [1.29, 1.82) is 0 Å². The highest BCUT2D eigenvalue weighted by Crippen LogP contribution is 2.26. The van der Waals surface area contributed by atoms with Crippen LogP contribution in [-0.4, -0.2) is 28.9 Å². The number of fused-ring (bicyclic) bond motifs is 1. The lowest BCUT2D eigenvalue weighted by molar-refractivity contribution is 0.0793. The summed E-state index contributed by atoms with van der Waals surface area (Å²) in [5.41, 5.74) is 3.64. The summed E-state index contributed by atoms with van der Waals surface area (Å²) in [7, 11) is 0. The lowest BCUT2D eigenvalue weighted by atomic mass is 10.1. The van der Waals surface area contributed by atoms with Gasteiger partial charge in [-0.05, 0) is 44.4 Å². The molecule has 1 saturated heterocycles. The first-order valence-corrected chi connectivity index (χ1v) is 7.31. The Morgan fingerprint density at radius 1 is 1.20 bits per heavy atom. The molecule has 1 aromatic heterocycles. The lowest BCUT2D eigenvalue weighted by Gasteiger charge is -2.16. The molecule has 3 nitrogen and oxygen atoms in total. The Balaban J connectivity index is 2.11. The van der Waals surface area contributed by atoms with Gasteiger partial charge in [-0.3, -0.25) is 4.79 Å². The van der Waals surface area contributed by atoms with Gasteiger partial charge in [-0.2, -0.15) is 0 Å². The van der Waals surface area contributed by atoms with Crippen LogP contribution in [0.3, 0.4) is 0 Å². The number of rotatable bonds is 1. The third-order valence-electron chi connectivity index (χ3n) is 3.83. The summed E-state index contributed by atoms with van der Waals surface area (Å²) in [6, 6.07) is 6.01. The van der Waals surface area contributed by atoms with Crippen LogP contribution in [0.4, 0.5) is 0 Å². The summed E-state index contributed by atoms with van der Waals surface area (Å²) >= 11 is 6.23. The first kappa shape index (κ1) is 13.4. The molecule has 0 bridgehead atoms. The molecule has 0 spiro atoms. The Labute approximate surface area is 123 Å². The van der Waals surface area contributed by atoms with Crippen LogP contribution in [0.2, 0.25) is 5.15 Å². The summed E-state index contributed by atoms with van der Waals surface area (Å²) in [5.74, 6) is 0.000981. The van der Waals surface area contributed by atoms with Crippen molar-refractivity contribution in [1.82, 2.24) is 9.88 Å². The largest absolute Gasteiger partial charge is 0.339 e. The number of nitrogens with zero attached hydrogens (tertiary/aromatic N) is 2. The fraction of sp³-hybridized carbons (Fsp3) is 0.375. The molecule has 0 radical (unpaired) electrons. The van der Waals surface area contributed by atoms with E-state index in [2.05, 4.69) is 11.1 Å². The van der Waals surface area contributed by atoms with Crippen LogP contribution in [0.1, 0.15) is 34.3 Å². The number of pyridine rings is 1. The third kappa shape index (κ3) is 2.27. The standard InChI is InChI=1S/C16H17ClN2O/c1-10-7-11(2)14-12(8-10)9-13(15(17)18-14)16(20)19-5-3-4-6-19/h7-9H,3-6H2,1-2H3. The van der Waals surface area contributed by atoms with E-state index < -0.39 is 0 Å². The van der Waals surface area contributed by atoms with Crippen molar-refractivity contribution in [2.24, 2.45) is 0 Å². The number of carbonyl (C=O) groups is 1. The van der Waals surface area contributed by atoms with Crippen molar-refractivity contribution >= 4 is 28.4 Å². The predicted octanol–water partition coefficient (Wildman–Crippen LogP) is 3.74. The topological polar surface area (TPSA) is 33.2 Å². The highest BCUT2D eigenvalue weighted by Gasteiger charge is 2.22. The molecule has 0 saturated carbocycles. The summed E-state index contributed by atoms with van der Waals surface area (Å²) in [4.78, 5) is 18.8. The zero-order valence-electron chi connectivity index (χ0n) is 11.7. The van der Waals surface area contributed by atoms with Crippen molar-refractivity contribution in [3.05, 3.63) is 40.0 Å². The van der Waals surface area contributed by atoms with Gasteiger partial charge in [0.25, 0.3) is 5.91 Å². The van der Waals surface area contributed by atoms with Crippen molar-refractivity contribution in [3.63, 3.8) is 0 Å². The molecule has 3 rings (SSSR count). The van der Waals surface area contributed by atoms with Crippen LogP contribution >= 0.6 is 11.6 Å². The van der Waals surface area contributed by atoms with E-state index in [1.165, 1.54) is 5.56 Å². The Kier molecular flexibility index (Phi) is 3.38. The van der Waals surface area contributed by atoms with E-state index in [-0.39, 0.29) is 5.91 Å². The van der Waals surface area contributed by atoms with E-state index in [9.17, 15) is 4.79 Å². The normalized spacial score (nSPS) is 15.1. The van der Waals surface area contributed by atoms with E-state index in [1.807, 2.05) is 30.9 Å². The average Bonchev–Trinajstić information content (AvgIpc) is 2.92. The van der Waals surface area contributed by atoms with E-state index in [1.54, 1.807) is 0 Å². The second-order valence-corrected chi connectivity index (χ2v) is 5.84. The van der Waals surface area contributed by atoms with Crippen LogP contribution in [0, 0.1) is 13.8 Å². The molecule has 0 atom stereocenters. The SMILES string of the molecule is Cc1cc(C)c2nc(Cl)c(C(=O)N3CCCC3)cc2c1. The quantitative estimate of drug-likeness (QED) is 0.749. The second kappa shape index (κ2) is 5.06. The molecule has 1 aliphatic heterocycles. The number of hydrogen-bond donors (Lipinski definition) is 0. The summed E-state index contributed by atoms with van der Waals surface area (Å²) in [5, 5.41) is 1.29. The summed E-state index contributed by atoms with van der Waals surface area (Å²) in [6.07, 6.45) is 2.14. The highest BCUT2D eigenvalue weighted by molar-refractivity contribution is 6.33. The maximum absolute atomic E-state index is 12.5. The molecule has 0 N–H and O–H groups in total. The molecule has 0 aliphatic carbocycles.